The third kappa shape index (κ3) is 3.54. The van der Waals surface area contributed by atoms with Crippen LogP contribution in [0, 0.1) is 6.92 Å². The van der Waals surface area contributed by atoms with E-state index in [0.29, 0.717) is 5.75 Å². The number of anilines is 1. The van der Waals surface area contributed by atoms with Crippen LogP contribution in [0.3, 0.4) is 0 Å². The molecular weight excluding hydrogens is 290 g/mol. The highest BCUT2D eigenvalue weighted by molar-refractivity contribution is 5.92. The average Bonchev–Trinajstić information content (AvgIpc) is 2.55. The third-order valence-corrected chi connectivity index (χ3v) is 4.21. The van der Waals surface area contributed by atoms with Crippen molar-refractivity contribution in [3.63, 3.8) is 0 Å². The molecule has 0 unspecified atom stereocenters. The van der Waals surface area contributed by atoms with Gasteiger partial charge in [-0.2, -0.15) is 0 Å². The SMILES string of the molecule is Cc1ccccc1NC(=O)COc1cccc2c1CCC[C@H]2O. The van der Waals surface area contributed by atoms with Gasteiger partial charge in [0.1, 0.15) is 5.75 Å². The summed E-state index contributed by atoms with van der Waals surface area (Å²) in [6, 6.07) is 13.3. The number of para-hydroxylation sites is 1. The van der Waals surface area contributed by atoms with Crippen molar-refractivity contribution in [1.82, 2.24) is 0 Å². The van der Waals surface area contributed by atoms with E-state index in [4.69, 9.17) is 4.74 Å². The molecule has 0 heterocycles. The van der Waals surface area contributed by atoms with Gasteiger partial charge in [-0.1, -0.05) is 30.3 Å². The van der Waals surface area contributed by atoms with Gasteiger partial charge in [0.05, 0.1) is 6.10 Å². The molecular formula is C19H21NO3. The van der Waals surface area contributed by atoms with E-state index in [9.17, 15) is 9.90 Å². The van der Waals surface area contributed by atoms with Crippen LogP contribution in [0.25, 0.3) is 0 Å². The third-order valence-electron chi connectivity index (χ3n) is 4.21. The van der Waals surface area contributed by atoms with Crippen molar-refractivity contribution in [2.45, 2.75) is 32.3 Å². The molecule has 0 radical (unpaired) electrons. The Morgan fingerprint density at radius 3 is 2.91 bits per heavy atom. The molecule has 0 saturated carbocycles. The lowest BCUT2D eigenvalue weighted by Crippen LogP contribution is -2.21. The lowest BCUT2D eigenvalue weighted by atomic mass is 9.89. The average molecular weight is 311 g/mol. The zero-order valence-corrected chi connectivity index (χ0v) is 13.2. The Morgan fingerprint density at radius 1 is 1.26 bits per heavy atom. The molecule has 0 saturated heterocycles. The van der Waals surface area contributed by atoms with Crippen LogP contribution in [0.4, 0.5) is 5.69 Å². The van der Waals surface area contributed by atoms with Gasteiger partial charge in [-0.05, 0) is 55.0 Å². The molecule has 0 aromatic heterocycles. The minimum atomic E-state index is -0.428. The van der Waals surface area contributed by atoms with Gasteiger partial charge >= 0.3 is 0 Å². The summed E-state index contributed by atoms with van der Waals surface area (Å²) >= 11 is 0. The zero-order chi connectivity index (χ0) is 16.2. The minimum absolute atomic E-state index is 0.0408. The number of carbonyl (C=O) groups excluding carboxylic acids is 1. The van der Waals surface area contributed by atoms with Gasteiger partial charge in [-0.15, -0.1) is 0 Å². The molecule has 0 bridgehead atoms. The fourth-order valence-corrected chi connectivity index (χ4v) is 2.97. The maximum absolute atomic E-state index is 12.1. The number of rotatable bonds is 4. The van der Waals surface area contributed by atoms with E-state index in [-0.39, 0.29) is 12.5 Å². The summed E-state index contributed by atoms with van der Waals surface area (Å²) in [4.78, 5) is 12.1. The number of aliphatic hydroxyl groups excluding tert-OH is 1. The van der Waals surface area contributed by atoms with Gasteiger partial charge < -0.3 is 15.2 Å². The number of ether oxygens (including phenoxy) is 1. The largest absolute Gasteiger partial charge is 0.483 e. The summed E-state index contributed by atoms with van der Waals surface area (Å²) in [6.07, 6.45) is 2.17. The minimum Gasteiger partial charge on any atom is -0.483 e. The lowest BCUT2D eigenvalue weighted by Gasteiger charge is -2.23. The molecule has 3 rings (SSSR count). The van der Waals surface area contributed by atoms with E-state index < -0.39 is 6.10 Å². The molecule has 1 atom stereocenters. The Bertz CT molecular complexity index is 712. The highest BCUT2D eigenvalue weighted by atomic mass is 16.5. The maximum atomic E-state index is 12.1. The smallest absolute Gasteiger partial charge is 0.262 e. The number of amides is 1. The van der Waals surface area contributed by atoms with Gasteiger partial charge in [0, 0.05) is 5.69 Å². The number of benzene rings is 2. The molecule has 2 N–H and O–H groups in total. The summed E-state index contributed by atoms with van der Waals surface area (Å²) in [5, 5.41) is 12.9. The van der Waals surface area contributed by atoms with E-state index in [1.54, 1.807) is 0 Å². The van der Waals surface area contributed by atoms with Gasteiger partial charge in [0.2, 0.25) is 0 Å². The number of hydrogen-bond acceptors (Lipinski definition) is 3. The molecule has 4 heteroatoms. The van der Waals surface area contributed by atoms with Crippen LogP contribution in [-0.2, 0) is 11.2 Å². The fraction of sp³-hybridized carbons (Fsp3) is 0.316. The number of fused-ring (bicyclic) bond motifs is 1. The first kappa shape index (κ1) is 15.6. The Balaban J connectivity index is 1.66. The van der Waals surface area contributed by atoms with Crippen molar-refractivity contribution in [3.8, 4) is 5.75 Å². The quantitative estimate of drug-likeness (QED) is 0.910. The van der Waals surface area contributed by atoms with E-state index >= 15 is 0 Å². The Morgan fingerprint density at radius 2 is 2.09 bits per heavy atom. The van der Waals surface area contributed by atoms with Crippen molar-refractivity contribution in [1.29, 1.82) is 0 Å². The summed E-state index contributed by atoms with van der Waals surface area (Å²) in [7, 11) is 0. The van der Waals surface area contributed by atoms with Crippen LogP contribution >= 0.6 is 0 Å². The molecule has 4 nitrogen and oxygen atoms in total. The van der Waals surface area contributed by atoms with E-state index in [2.05, 4.69) is 5.32 Å². The Labute approximate surface area is 136 Å². The van der Waals surface area contributed by atoms with E-state index in [1.807, 2.05) is 49.4 Å². The maximum Gasteiger partial charge on any atom is 0.262 e. The number of carbonyl (C=O) groups is 1. The van der Waals surface area contributed by atoms with Crippen LogP contribution in [-0.4, -0.2) is 17.6 Å². The van der Waals surface area contributed by atoms with Gasteiger partial charge in [-0.3, -0.25) is 4.79 Å². The van der Waals surface area contributed by atoms with E-state index in [0.717, 1.165) is 41.6 Å². The van der Waals surface area contributed by atoms with Crippen LogP contribution in [0.5, 0.6) is 5.75 Å². The summed E-state index contributed by atoms with van der Waals surface area (Å²) < 4.78 is 5.70. The number of nitrogens with one attached hydrogen (secondary N) is 1. The Kier molecular flexibility index (Phi) is 4.63. The molecule has 2 aromatic carbocycles. The van der Waals surface area contributed by atoms with E-state index in [1.165, 1.54) is 0 Å². The monoisotopic (exact) mass is 311 g/mol. The van der Waals surface area contributed by atoms with Crippen molar-refractivity contribution in [2.75, 3.05) is 11.9 Å². The van der Waals surface area contributed by atoms with Crippen molar-refractivity contribution >= 4 is 11.6 Å². The molecule has 1 aliphatic carbocycles. The van der Waals surface area contributed by atoms with Crippen LogP contribution in [0.2, 0.25) is 0 Å². The summed E-state index contributed by atoms with van der Waals surface area (Å²) in [5.74, 6) is 0.509. The molecule has 23 heavy (non-hydrogen) atoms. The summed E-state index contributed by atoms with van der Waals surface area (Å²) in [5.41, 5.74) is 3.76. The van der Waals surface area contributed by atoms with Crippen LogP contribution < -0.4 is 10.1 Å². The molecule has 0 spiro atoms. The Hall–Kier alpha value is -2.33. The first-order chi connectivity index (χ1) is 11.1. The standard InChI is InChI=1S/C19H21NO3/c1-13-6-2-3-9-16(13)20-19(22)12-23-18-11-5-7-14-15(18)8-4-10-17(14)21/h2-3,5-7,9,11,17,21H,4,8,10,12H2,1H3,(H,20,22)/t17-/m1/s1. The van der Waals surface area contributed by atoms with Gasteiger partial charge in [0.25, 0.3) is 5.91 Å². The van der Waals surface area contributed by atoms with Gasteiger partial charge in [-0.25, -0.2) is 0 Å². The number of aliphatic hydroxyl groups is 1. The molecule has 2 aromatic rings. The second-order valence-corrected chi connectivity index (χ2v) is 5.88. The number of hydrogen-bond donors (Lipinski definition) is 2. The second-order valence-electron chi connectivity index (χ2n) is 5.88. The van der Waals surface area contributed by atoms with Crippen LogP contribution in [0.15, 0.2) is 42.5 Å². The molecule has 1 amide bonds. The molecule has 0 aliphatic heterocycles. The van der Waals surface area contributed by atoms with Crippen LogP contribution in [0.1, 0.15) is 35.6 Å². The normalized spacial score (nSPS) is 16.5. The second kappa shape index (κ2) is 6.84. The highest BCUT2D eigenvalue weighted by Gasteiger charge is 2.21. The first-order valence-electron chi connectivity index (χ1n) is 7.93. The molecule has 0 fully saturated rings. The predicted octanol–water partition coefficient (Wildman–Crippen LogP) is 3.38. The predicted molar refractivity (Wildman–Crippen MR) is 89.6 cm³/mol. The zero-order valence-electron chi connectivity index (χ0n) is 13.2. The number of aryl methyl sites for hydroxylation is 1. The topological polar surface area (TPSA) is 58.6 Å². The highest BCUT2D eigenvalue weighted by Crippen LogP contribution is 2.35. The molecule has 120 valence electrons. The lowest BCUT2D eigenvalue weighted by molar-refractivity contribution is -0.118. The fourth-order valence-electron chi connectivity index (χ4n) is 2.97. The van der Waals surface area contributed by atoms with Crippen molar-refractivity contribution in [3.05, 3.63) is 59.2 Å². The van der Waals surface area contributed by atoms with Crippen molar-refractivity contribution in [2.24, 2.45) is 0 Å². The molecule has 1 aliphatic rings. The summed E-state index contributed by atoms with van der Waals surface area (Å²) in [6.45, 7) is 1.91. The van der Waals surface area contributed by atoms with Gasteiger partial charge in [0.15, 0.2) is 6.61 Å². The first-order valence-corrected chi connectivity index (χ1v) is 7.93. The van der Waals surface area contributed by atoms with Crippen molar-refractivity contribution < 1.29 is 14.6 Å².